The van der Waals surface area contributed by atoms with E-state index in [4.69, 9.17) is 4.74 Å². The number of anilines is 1. The van der Waals surface area contributed by atoms with Crippen LogP contribution >= 0.6 is 0 Å². The maximum absolute atomic E-state index is 11.7. The number of amides is 1. The molecule has 2 aromatic rings. The Balaban J connectivity index is 1.87. The average Bonchev–Trinajstić information content (AvgIpc) is 2.60. The Morgan fingerprint density at radius 3 is 2.52 bits per heavy atom. The Morgan fingerprint density at radius 1 is 1.16 bits per heavy atom. The van der Waals surface area contributed by atoms with Crippen LogP contribution in [0.1, 0.15) is 11.1 Å². The molecule has 7 nitrogen and oxygen atoms in total. The van der Waals surface area contributed by atoms with Gasteiger partial charge in [0, 0.05) is 17.8 Å². The van der Waals surface area contributed by atoms with Crippen molar-refractivity contribution in [2.75, 3.05) is 11.9 Å². The second kappa shape index (κ2) is 8.39. The van der Waals surface area contributed by atoms with Crippen molar-refractivity contribution >= 4 is 29.3 Å². The molecule has 1 N–H and O–H groups in total. The molecule has 0 bridgehead atoms. The van der Waals surface area contributed by atoms with Gasteiger partial charge in [-0.15, -0.1) is 0 Å². The van der Waals surface area contributed by atoms with E-state index >= 15 is 0 Å². The van der Waals surface area contributed by atoms with E-state index < -0.39 is 23.4 Å². The van der Waals surface area contributed by atoms with Crippen molar-refractivity contribution in [3.8, 4) is 0 Å². The summed E-state index contributed by atoms with van der Waals surface area (Å²) < 4.78 is 4.81. The second-order valence-electron chi connectivity index (χ2n) is 5.17. The molecule has 0 saturated carbocycles. The SMILES string of the molecule is Cc1ccc(NC(=O)COC(=O)/C=C/c2ccccc2[N+](=O)[O-])cc1. The number of para-hydroxylation sites is 1. The van der Waals surface area contributed by atoms with Gasteiger partial charge in [0.05, 0.1) is 10.5 Å². The first-order chi connectivity index (χ1) is 12.0. The molecule has 128 valence electrons. The summed E-state index contributed by atoms with van der Waals surface area (Å²) in [5.41, 5.74) is 1.81. The van der Waals surface area contributed by atoms with Crippen molar-refractivity contribution in [2.24, 2.45) is 0 Å². The third-order valence-electron chi connectivity index (χ3n) is 3.21. The first-order valence-electron chi connectivity index (χ1n) is 7.40. The average molecular weight is 340 g/mol. The van der Waals surface area contributed by atoms with Crippen molar-refractivity contribution in [1.82, 2.24) is 0 Å². The summed E-state index contributed by atoms with van der Waals surface area (Å²) in [4.78, 5) is 33.7. The van der Waals surface area contributed by atoms with Crippen LogP contribution in [0.15, 0.2) is 54.6 Å². The van der Waals surface area contributed by atoms with Gasteiger partial charge < -0.3 is 10.1 Å². The largest absolute Gasteiger partial charge is 0.452 e. The number of hydrogen-bond acceptors (Lipinski definition) is 5. The summed E-state index contributed by atoms with van der Waals surface area (Å²) >= 11 is 0. The van der Waals surface area contributed by atoms with Crippen molar-refractivity contribution in [3.63, 3.8) is 0 Å². The smallest absolute Gasteiger partial charge is 0.331 e. The van der Waals surface area contributed by atoms with Crippen LogP contribution in [0.5, 0.6) is 0 Å². The summed E-state index contributed by atoms with van der Waals surface area (Å²) in [6.45, 7) is 1.48. The molecule has 25 heavy (non-hydrogen) atoms. The van der Waals surface area contributed by atoms with Gasteiger partial charge >= 0.3 is 5.97 Å². The van der Waals surface area contributed by atoms with E-state index in [0.717, 1.165) is 11.6 Å². The van der Waals surface area contributed by atoms with Gasteiger partial charge in [0.25, 0.3) is 11.6 Å². The number of carbonyl (C=O) groups is 2. The molecule has 0 aliphatic carbocycles. The number of nitro benzene ring substituents is 1. The van der Waals surface area contributed by atoms with Crippen molar-refractivity contribution in [2.45, 2.75) is 6.92 Å². The molecule has 2 aromatic carbocycles. The summed E-state index contributed by atoms with van der Waals surface area (Å²) in [5.74, 6) is -1.24. The van der Waals surface area contributed by atoms with E-state index in [2.05, 4.69) is 5.32 Å². The van der Waals surface area contributed by atoms with Crippen LogP contribution in [0, 0.1) is 17.0 Å². The van der Waals surface area contributed by atoms with E-state index in [1.807, 2.05) is 19.1 Å². The summed E-state index contributed by atoms with van der Waals surface area (Å²) in [5, 5.41) is 13.5. The number of nitrogens with one attached hydrogen (secondary N) is 1. The van der Waals surface area contributed by atoms with Crippen LogP contribution in [0.2, 0.25) is 0 Å². The molecule has 0 heterocycles. The van der Waals surface area contributed by atoms with Crippen molar-refractivity contribution in [1.29, 1.82) is 0 Å². The Kier molecular flexibility index (Phi) is 6.00. The number of rotatable bonds is 6. The molecule has 2 rings (SSSR count). The minimum absolute atomic E-state index is 0.122. The number of aryl methyl sites for hydroxylation is 1. The third-order valence-corrected chi connectivity index (χ3v) is 3.21. The van der Waals surface area contributed by atoms with Gasteiger partial charge in [0.2, 0.25) is 0 Å². The van der Waals surface area contributed by atoms with Crippen LogP contribution in [-0.2, 0) is 14.3 Å². The van der Waals surface area contributed by atoms with Gasteiger partial charge in [-0.2, -0.15) is 0 Å². The predicted molar refractivity (Wildman–Crippen MR) is 92.9 cm³/mol. The summed E-state index contributed by atoms with van der Waals surface area (Å²) in [6, 6.07) is 13.2. The van der Waals surface area contributed by atoms with E-state index in [-0.39, 0.29) is 11.3 Å². The molecule has 0 radical (unpaired) electrons. The molecule has 0 aromatic heterocycles. The highest BCUT2D eigenvalue weighted by Crippen LogP contribution is 2.18. The Hall–Kier alpha value is -3.48. The van der Waals surface area contributed by atoms with Crippen molar-refractivity contribution in [3.05, 3.63) is 75.8 Å². The molecule has 0 fully saturated rings. The zero-order valence-electron chi connectivity index (χ0n) is 13.5. The number of carbonyl (C=O) groups excluding carboxylic acids is 2. The Labute approximate surface area is 144 Å². The molecular formula is C18H16N2O5. The molecule has 1 amide bonds. The lowest BCUT2D eigenvalue weighted by Gasteiger charge is -2.05. The zero-order chi connectivity index (χ0) is 18.2. The number of nitro groups is 1. The minimum atomic E-state index is -0.766. The van der Waals surface area contributed by atoms with Crippen LogP contribution in [-0.4, -0.2) is 23.4 Å². The highest BCUT2D eigenvalue weighted by molar-refractivity contribution is 5.94. The third kappa shape index (κ3) is 5.58. The first kappa shape index (κ1) is 17.9. The number of benzene rings is 2. The Bertz CT molecular complexity index is 812. The van der Waals surface area contributed by atoms with Gasteiger partial charge in [-0.3, -0.25) is 14.9 Å². The fourth-order valence-corrected chi connectivity index (χ4v) is 1.97. The number of hydrogen-bond donors (Lipinski definition) is 1. The lowest BCUT2D eigenvalue weighted by atomic mass is 10.1. The second-order valence-corrected chi connectivity index (χ2v) is 5.17. The molecule has 0 unspecified atom stereocenters. The van der Waals surface area contributed by atoms with E-state index in [1.165, 1.54) is 24.3 Å². The van der Waals surface area contributed by atoms with Crippen LogP contribution < -0.4 is 5.32 Å². The fourth-order valence-electron chi connectivity index (χ4n) is 1.97. The lowest BCUT2D eigenvalue weighted by Crippen LogP contribution is -2.20. The molecule has 0 aliphatic rings. The number of ether oxygens (including phenoxy) is 1. The lowest BCUT2D eigenvalue weighted by molar-refractivity contribution is -0.385. The molecule has 7 heteroatoms. The van der Waals surface area contributed by atoms with Gasteiger partial charge in [0.15, 0.2) is 6.61 Å². The molecular weight excluding hydrogens is 324 g/mol. The molecule has 0 spiro atoms. The highest BCUT2D eigenvalue weighted by Gasteiger charge is 2.10. The zero-order valence-corrected chi connectivity index (χ0v) is 13.5. The maximum atomic E-state index is 11.7. The fraction of sp³-hybridized carbons (Fsp3) is 0.111. The monoisotopic (exact) mass is 340 g/mol. The quantitative estimate of drug-likeness (QED) is 0.377. The van der Waals surface area contributed by atoms with Gasteiger partial charge in [-0.1, -0.05) is 29.8 Å². The topological polar surface area (TPSA) is 98.5 Å². The van der Waals surface area contributed by atoms with E-state index in [0.29, 0.717) is 5.69 Å². The summed E-state index contributed by atoms with van der Waals surface area (Å²) in [6.07, 6.45) is 2.32. The maximum Gasteiger partial charge on any atom is 0.331 e. The summed E-state index contributed by atoms with van der Waals surface area (Å²) in [7, 11) is 0. The van der Waals surface area contributed by atoms with Crippen molar-refractivity contribution < 1.29 is 19.2 Å². The van der Waals surface area contributed by atoms with Gasteiger partial charge in [-0.05, 0) is 31.2 Å². The number of esters is 1. The molecule has 0 atom stereocenters. The van der Waals surface area contributed by atoms with Crippen LogP contribution in [0.25, 0.3) is 6.08 Å². The van der Waals surface area contributed by atoms with Gasteiger partial charge in [-0.25, -0.2) is 4.79 Å². The Morgan fingerprint density at radius 2 is 1.84 bits per heavy atom. The standard InChI is InChI=1S/C18H16N2O5/c1-13-6-9-15(10-7-13)19-17(21)12-25-18(22)11-8-14-4-2-3-5-16(14)20(23)24/h2-11H,12H2,1H3,(H,19,21)/b11-8+. The van der Waals surface area contributed by atoms with E-state index in [1.54, 1.807) is 18.2 Å². The minimum Gasteiger partial charge on any atom is -0.452 e. The van der Waals surface area contributed by atoms with Crippen LogP contribution in [0.3, 0.4) is 0 Å². The highest BCUT2D eigenvalue weighted by atomic mass is 16.6. The van der Waals surface area contributed by atoms with Crippen LogP contribution in [0.4, 0.5) is 11.4 Å². The normalized spacial score (nSPS) is 10.4. The molecule has 0 aliphatic heterocycles. The number of nitrogens with zero attached hydrogens (tertiary/aromatic N) is 1. The predicted octanol–water partition coefficient (Wildman–Crippen LogP) is 3.10. The molecule has 0 saturated heterocycles. The van der Waals surface area contributed by atoms with E-state index in [9.17, 15) is 19.7 Å². The van der Waals surface area contributed by atoms with Gasteiger partial charge in [0.1, 0.15) is 0 Å². The first-order valence-corrected chi connectivity index (χ1v) is 7.40.